The summed E-state index contributed by atoms with van der Waals surface area (Å²) in [5.41, 5.74) is 1.64. The number of anilines is 1. The first-order valence-corrected chi connectivity index (χ1v) is 5.56. The van der Waals surface area contributed by atoms with Crippen LogP contribution in [0, 0.1) is 5.92 Å². The average Bonchev–Trinajstić information content (AvgIpc) is 2.28. The third-order valence-corrected chi connectivity index (χ3v) is 2.81. The molecule has 1 unspecified atom stereocenters. The summed E-state index contributed by atoms with van der Waals surface area (Å²) in [4.78, 5) is 11.9. The summed E-state index contributed by atoms with van der Waals surface area (Å²) in [6.07, 6.45) is 0.556. The van der Waals surface area contributed by atoms with Crippen molar-refractivity contribution in [2.45, 2.75) is 13.3 Å². The van der Waals surface area contributed by atoms with Gasteiger partial charge in [-0.25, -0.2) is 0 Å². The Morgan fingerprint density at radius 1 is 1.65 bits per heavy atom. The first-order valence-electron chi connectivity index (χ1n) is 5.56. The van der Waals surface area contributed by atoms with Crippen molar-refractivity contribution in [3.63, 3.8) is 0 Å². The fourth-order valence-electron chi connectivity index (χ4n) is 1.94. The Morgan fingerprint density at radius 3 is 3.12 bits per heavy atom. The molecule has 1 aromatic carbocycles. The van der Waals surface area contributed by atoms with E-state index >= 15 is 0 Å². The number of benzene rings is 1. The molecule has 0 spiro atoms. The van der Waals surface area contributed by atoms with Crippen LogP contribution in [-0.2, 0) is 16.0 Å². The molecule has 0 aromatic heterocycles. The van der Waals surface area contributed by atoms with Crippen LogP contribution in [-0.4, -0.2) is 17.6 Å². The molecule has 90 valence electrons. The molecule has 1 amide bonds. The van der Waals surface area contributed by atoms with Gasteiger partial charge in [0.1, 0.15) is 11.5 Å². The normalized spacial score (nSPS) is 18.2. The quantitative estimate of drug-likeness (QED) is 0.785. The number of hydrogen-bond acceptors (Lipinski definition) is 3. The van der Waals surface area contributed by atoms with E-state index in [1.165, 1.54) is 0 Å². The number of phenolic OH excluding ortho intramolecular Hbond substituents is 1. The van der Waals surface area contributed by atoms with Crippen molar-refractivity contribution in [1.29, 1.82) is 0 Å². The topological polar surface area (TPSA) is 58.6 Å². The highest BCUT2D eigenvalue weighted by atomic mass is 16.5. The van der Waals surface area contributed by atoms with E-state index in [0.29, 0.717) is 24.5 Å². The molecule has 1 aromatic rings. The molecule has 4 heteroatoms. The maximum atomic E-state index is 11.9. The van der Waals surface area contributed by atoms with Gasteiger partial charge in [-0.1, -0.05) is 12.6 Å². The standard InChI is InChI=1S/C13H15NO3/c1-3-17-8(2)11-6-9-4-5-10(15)7-12(9)14-13(11)16/h4-5,7,11,15H,2-3,6H2,1H3,(H,14,16). The number of carbonyl (C=O) groups is 1. The Morgan fingerprint density at radius 2 is 2.41 bits per heavy atom. The SMILES string of the molecule is C=C(OCC)C1Cc2ccc(O)cc2NC1=O. The lowest BCUT2D eigenvalue weighted by Crippen LogP contribution is -2.31. The van der Waals surface area contributed by atoms with E-state index in [9.17, 15) is 9.90 Å². The molecular weight excluding hydrogens is 218 g/mol. The van der Waals surface area contributed by atoms with Crippen molar-refractivity contribution in [3.8, 4) is 5.75 Å². The van der Waals surface area contributed by atoms with Gasteiger partial charge in [0.2, 0.25) is 5.91 Å². The van der Waals surface area contributed by atoms with Crippen LogP contribution in [0.2, 0.25) is 0 Å². The van der Waals surface area contributed by atoms with Crippen molar-refractivity contribution >= 4 is 11.6 Å². The van der Waals surface area contributed by atoms with Crippen LogP contribution in [0.3, 0.4) is 0 Å². The minimum absolute atomic E-state index is 0.137. The molecule has 1 atom stereocenters. The fraction of sp³-hybridized carbons (Fsp3) is 0.308. The van der Waals surface area contributed by atoms with Gasteiger partial charge in [0.25, 0.3) is 0 Å². The van der Waals surface area contributed by atoms with Crippen LogP contribution in [0.25, 0.3) is 0 Å². The van der Waals surface area contributed by atoms with Crippen molar-refractivity contribution in [1.82, 2.24) is 0 Å². The average molecular weight is 233 g/mol. The molecule has 17 heavy (non-hydrogen) atoms. The molecular formula is C13H15NO3. The maximum Gasteiger partial charge on any atom is 0.235 e. The molecule has 0 radical (unpaired) electrons. The van der Waals surface area contributed by atoms with Crippen LogP contribution in [0.15, 0.2) is 30.5 Å². The molecule has 1 aliphatic heterocycles. The van der Waals surface area contributed by atoms with E-state index in [2.05, 4.69) is 11.9 Å². The summed E-state index contributed by atoms with van der Waals surface area (Å²) < 4.78 is 5.29. The Balaban J connectivity index is 2.24. The Hall–Kier alpha value is -1.97. The highest BCUT2D eigenvalue weighted by Gasteiger charge is 2.29. The summed E-state index contributed by atoms with van der Waals surface area (Å²) >= 11 is 0. The molecule has 0 saturated heterocycles. The van der Waals surface area contributed by atoms with Gasteiger partial charge in [0.05, 0.1) is 12.5 Å². The number of fused-ring (bicyclic) bond motifs is 1. The van der Waals surface area contributed by atoms with Crippen molar-refractivity contribution in [2.75, 3.05) is 11.9 Å². The maximum absolute atomic E-state index is 11.9. The number of ether oxygens (including phenoxy) is 1. The van der Waals surface area contributed by atoms with Gasteiger partial charge in [0, 0.05) is 11.8 Å². The van der Waals surface area contributed by atoms with Crippen molar-refractivity contribution in [3.05, 3.63) is 36.1 Å². The van der Waals surface area contributed by atoms with Gasteiger partial charge in [-0.15, -0.1) is 0 Å². The second kappa shape index (κ2) is 4.49. The predicted octanol–water partition coefficient (Wildman–Crippen LogP) is 2.05. The lowest BCUT2D eigenvalue weighted by molar-refractivity contribution is -0.120. The van der Waals surface area contributed by atoms with E-state index in [1.807, 2.05) is 6.92 Å². The highest BCUT2D eigenvalue weighted by molar-refractivity contribution is 5.97. The molecule has 0 aliphatic carbocycles. The third kappa shape index (κ3) is 2.25. The lowest BCUT2D eigenvalue weighted by Gasteiger charge is -2.25. The minimum atomic E-state index is -0.355. The third-order valence-electron chi connectivity index (χ3n) is 2.81. The number of rotatable bonds is 3. The van der Waals surface area contributed by atoms with Crippen molar-refractivity contribution < 1.29 is 14.6 Å². The van der Waals surface area contributed by atoms with Gasteiger partial charge in [0.15, 0.2) is 0 Å². The van der Waals surface area contributed by atoms with Crippen LogP contribution < -0.4 is 5.32 Å². The van der Waals surface area contributed by atoms with Crippen LogP contribution in [0.1, 0.15) is 12.5 Å². The number of amides is 1. The summed E-state index contributed by atoms with van der Waals surface area (Å²) in [7, 11) is 0. The first-order chi connectivity index (χ1) is 8.11. The number of aromatic hydroxyl groups is 1. The summed E-state index contributed by atoms with van der Waals surface area (Å²) in [6, 6.07) is 4.96. The van der Waals surface area contributed by atoms with Gasteiger partial charge < -0.3 is 15.2 Å². The zero-order valence-electron chi connectivity index (χ0n) is 9.69. The summed E-state index contributed by atoms with van der Waals surface area (Å²) in [5.74, 6) is 0.142. The Bertz CT molecular complexity index is 468. The highest BCUT2D eigenvalue weighted by Crippen LogP contribution is 2.31. The molecule has 0 bridgehead atoms. The van der Waals surface area contributed by atoms with E-state index in [-0.39, 0.29) is 17.6 Å². The second-order valence-corrected chi connectivity index (χ2v) is 3.99. The van der Waals surface area contributed by atoms with E-state index in [4.69, 9.17) is 4.74 Å². The molecule has 1 heterocycles. The number of nitrogens with one attached hydrogen (secondary N) is 1. The van der Waals surface area contributed by atoms with Crippen LogP contribution >= 0.6 is 0 Å². The van der Waals surface area contributed by atoms with Gasteiger partial charge in [-0.3, -0.25) is 4.79 Å². The largest absolute Gasteiger partial charge is 0.508 e. The van der Waals surface area contributed by atoms with Crippen LogP contribution in [0.4, 0.5) is 5.69 Å². The number of hydrogen-bond donors (Lipinski definition) is 2. The zero-order valence-corrected chi connectivity index (χ0v) is 9.69. The van der Waals surface area contributed by atoms with Gasteiger partial charge >= 0.3 is 0 Å². The van der Waals surface area contributed by atoms with E-state index in [1.54, 1.807) is 18.2 Å². The van der Waals surface area contributed by atoms with E-state index in [0.717, 1.165) is 5.56 Å². The molecule has 0 saturated carbocycles. The Labute approximate surface area is 99.9 Å². The smallest absolute Gasteiger partial charge is 0.235 e. The first kappa shape index (κ1) is 11.5. The van der Waals surface area contributed by atoms with E-state index < -0.39 is 0 Å². The Kier molecular flexibility index (Phi) is 3.04. The summed E-state index contributed by atoms with van der Waals surface area (Å²) in [6.45, 7) is 6.14. The second-order valence-electron chi connectivity index (χ2n) is 3.99. The van der Waals surface area contributed by atoms with Crippen molar-refractivity contribution in [2.24, 2.45) is 5.92 Å². The number of carbonyl (C=O) groups excluding carboxylic acids is 1. The number of phenols is 1. The van der Waals surface area contributed by atoms with Gasteiger partial charge in [-0.05, 0) is 25.0 Å². The molecule has 2 rings (SSSR count). The molecule has 1 aliphatic rings. The molecule has 4 nitrogen and oxygen atoms in total. The van der Waals surface area contributed by atoms with Gasteiger partial charge in [-0.2, -0.15) is 0 Å². The monoisotopic (exact) mass is 233 g/mol. The molecule has 0 fully saturated rings. The summed E-state index contributed by atoms with van der Waals surface area (Å²) in [5, 5.41) is 12.1. The lowest BCUT2D eigenvalue weighted by atomic mass is 9.92. The minimum Gasteiger partial charge on any atom is -0.508 e. The molecule has 2 N–H and O–H groups in total. The predicted molar refractivity (Wildman–Crippen MR) is 64.7 cm³/mol. The fourth-order valence-corrected chi connectivity index (χ4v) is 1.94. The zero-order chi connectivity index (χ0) is 12.4. The van der Waals surface area contributed by atoms with Crippen LogP contribution in [0.5, 0.6) is 5.75 Å².